The van der Waals surface area contributed by atoms with Gasteiger partial charge in [-0.1, -0.05) is 0 Å². The van der Waals surface area contributed by atoms with Gasteiger partial charge in [0.2, 0.25) is 6.79 Å². The topological polar surface area (TPSA) is 66.5 Å². The Balaban J connectivity index is 2.18. The van der Waals surface area contributed by atoms with Gasteiger partial charge in [-0.15, -0.1) is 0 Å². The van der Waals surface area contributed by atoms with E-state index in [1.807, 2.05) is 31.2 Å². The Hall–Kier alpha value is -2.27. The van der Waals surface area contributed by atoms with Crippen LogP contribution in [-0.2, 0) is 13.6 Å². The number of ether oxygens (including phenoxy) is 2. The van der Waals surface area contributed by atoms with E-state index in [1.165, 1.54) is 0 Å². The molecule has 5 heteroatoms. The second kappa shape index (κ2) is 4.68. The second-order valence-corrected chi connectivity index (χ2v) is 4.83. The second-order valence-electron chi connectivity index (χ2n) is 4.83. The molecule has 2 N–H and O–H groups in total. The first-order chi connectivity index (χ1) is 9.61. The van der Waals surface area contributed by atoms with Crippen LogP contribution in [0.5, 0.6) is 11.5 Å². The smallest absolute Gasteiger partial charge is 0.255 e. The number of rotatable bonds is 2. The van der Waals surface area contributed by atoms with E-state index in [9.17, 15) is 4.79 Å². The number of benzene rings is 1. The molecule has 1 aromatic carbocycles. The number of pyridine rings is 1. The highest BCUT2D eigenvalue weighted by atomic mass is 16.7. The normalized spacial score (nSPS) is 12.8. The third-order valence-electron chi connectivity index (χ3n) is 3.63. The largest absolute Gasteiger partial charge is 0.454 e. The molecular weight excluding hydrogens is 256 g/mol. The van der Waals surface area contributed by atoms with Crippen molar-refractivity contribution in [1.29, 1.82) is 0 Å². The molecule has 0 fully saturated rings. The van der Waals surface area contributed by atoms with Gasteiger partial charge in [-0.2, -0.15) is 0 Å². The number of hydrogen-bond acceptors (Lipinski definition) is 4. The molecule has 5 nitrogen and oxygen atoms in total. The minimum Gasteiger partial charge on any atom is -0.454 e. The van der Waals surface area contributed by atoms with Gasteiger partial charge in [-0.05, 0) is 36.8 Å². The summed E-state index contributed by atoms with van der Waals surface area (Å²) in [6.45, 7) is 2.39. The minimum absolute atomic E-state index is 0.0554. The molecule has 0 atom stereocenters. The Kier molecular flexibility index (Phi) is 2.99. The summed E-state index contributed by atoms with van der Waals surface area (Å²) < 4.78 is 12.3. The fourth-order valence-electron chi connectivity index (χ4n) is 2.45. The van der Waals surface area contributed by atoms with Crippen molar-refractivity contribution < 1.29 is 9.47 Å². The molecule has 0 unspecified atom stereocenters. The van der Waals surface area contributed by atoms with Crippen LogP contribution in [0.15, 0.2) is 29.1 Å². The Morgan fingerprint density at radius 2 is 2.00 bits per heavy atom. The van der Waals surface area contributed by atoms with E-state index in [-0.39, 0.29) is 18.9 Å². The number of fused-ring (bicyclic) bond motifs is 1. The van der Waals surface area contributed by atoms with E-state index >= 15 is 0 Å². The molecule has 0 bridgehead atoms. The van der Waals surface area contributed by atoms with Crippen molar-refractivity contribution in [2.45, 2.75) is 13.5 Å². The summed E-state index contributed by atoms with van der Waals surface area (Å²) in [5, 5.41) is 0. The number of hydrogen-bond donors (Lipinski definition) is 1. The van der Waals surface area contributed by atoms with Crippen LogP contribution in [0.4, 0.5) is 0 Å². The summed E-state index contributed by atoms with van der Waals surface area (Å²) in [7, 11) is 1.75. The van der Waals surface area contributed by atoms with Crippen molar-refractivity contribution in [3.63, 3.8) is 0 Å². The zero-order valence-corrected chi connectivity index (χ0v) is 11.5. The van der Waals surface area contributed by atoms with Gasteiger partial charge >= 0.3 is 0 Å². The molecule has 0 radical (unpaired) electrons. The Morgan fingerprint density at radius 1 is 1.25 bits per heavy atom. The zero-order valence-electron chi connectivity index (χ0n) is 11.5. The predicted octanol–water partition coefficient (Wildman–Crippen LogP) is 1.55. The van der Waals surface area contributed by atoms with Gasteiger partial charge < -0.3 is 19.8 Å². The summed E-state index contributed by atoms with van der Waals surface area (Å²) in [5.41, 5.74) is 8.89. The monoisotopic (exact) mass is 272 g/mol. The summed E-state index contributed by atoms with van der Waals surface area (Å²) in [5.74, 6) is 1.43. The van der Waals surface area contributed by atoms with Crippen molar-refractivity contribution in [1.82, 2.24) is 4.57 Å². The average Bonchev–Trinajstić information content (AvgIpc) is 2.90. The molecule has 1 aliphatic heterocycles. The fourth-order valence-corrected chi connectivity index (χ4v) is 2.45. The maximum absolute atomic E-state index is 12.3. The summed E-state index contributed by atoms with van der Waals surface area (Å²) in [6, 6.07) is 7.64. The van der Waals surface area contributed by atoms with Gasteiger partial charge in [0.25, 0.3) is 5.56 Å². The maximum Gasteiger partial charge on any atom is 0.255 e. The van der Waals surface area contributed by atoms with Crippen LogP contribution in [0.2, 0.25) is 0 Å². The molecule has 2 heterocycles. The van der Waals surface area contributed by atoms with E-state index < -0.39 is 0 Å². The lowest BCUT2D eigenvalue weighted by atomic mass is 10.0. The van der Waals surface area contributed by atoms with Crippen LogP contribution in [0.1, 0.15) is 11.1 Å². The molecular formula is C15H16N2O3. The Bertz CT molecular complexity index is 735. The van der Waals surface area contributed by atoms with Gasteiger partial charge in [0.1, 0.15) is 0 Å². The van der Waals surface area contributed by atoms with Crippen LogP contribution < -0.4 is 20.8 Å². The average molecular weight is 272 g/mol. The fraction of sp³-hybridized carbons (Fsp3) is 0.267. The van der Waals surface area contributed by atoms with Crippen molar-refractivity contribution >= 4 is 0 Å². The van der Waals surface area contributed by atoms with Crippen LogP contribution in [0.3, 0.4) is 0 Å². The van der Waals surface area contributed by atoms with Crippen molar-refractivity contribution in [2.24, 2.45) is 12.8 Å². The van der Waals surface area contributed by atoms with Crippen molar-refractivity contribution in [2.75, 3.05) is 6.79 Å². The van der Waals surface area contributed by atoms with Gasteiger partial charge in [0.15, 0.2) is 11.5 Å². The van der Waals surface area contributed by atoms with E-state index in [1.54, 1.807) is 11.6 Å². The molecule has 0 spiro atoms. The SMILES string of the molecule is Cc1cc(-c2ccc3c(c2)OCO3)n(C)c(=O)c1CN. The first kappa shape index (κ1) is 12.7. The van der Waals surface area contributed by atoms with Gasteiger partial charge in [-0.3, -0.25) is 4.79 Å². The summed E-state index contributed by atoms with van der Waals surface area (Å²) in [4.78, 5) is 12.3. The summed E-state index contributed by atoms with van der Waals surface area (Å²) >= 11 is 0. The molecule has 3 rings (SSSR count). The minimum atomic E-state index is -0.0554. The first-order valence-corrected chi connectivity index (χ1v) is 6.41. The van der Waals surface area contributed by atoms with Crippen LogP contribution >= 0.6 is 0 Å². The lowest BCUT2D eigenvalue weighted by Crippen LogP contribution is -2.25. The molecule has 20 heavy (non-hydrogen) atoms. The first-order valence-electron chi connectivity index (χ1n) is 6.41. The number of nitrogens with two attached hydrogens (primary N) is 1. The lowest BCUT2D eigenvalue weighted by Gasteiger charge is -2.13. The standard InChI is InChI=1S/C15H16N2O3/c1-9-5-12(17(2)15(18)11(9)7-16)10-3-4-13-14(6-10)20-8-19-13/h3-6H,7-8,16H2,1-2H3. The molecule has 0 saturated carbocycles. The zero-order chi connectivity index (χ0) is 14.3. The molecule has 0 saturated heterocycles. The molecule has 2 aromatic rings. The number of nitrogens with zero attached hydrogens (tertiary/aromatic N) is 1. The third-order valence-corrected chi connectivity index (χ3v) is 3.63. The Morgan fingerprint density at radius 3 is 2.75 bits per heavy atom. The van der Waals surface area contributed by atoms with Gasteiger partial charge in [0, 0.05) is 24.7 Å². The van der Waals surface area contributed by atoms with E-state index in [2.05, 4.69) is 0 Å². The quantitative estimate of drug-likeness (QED) is 0.900. The Labute approximate surface area is 116 Å². The predicted molar refractivity (Wildman–Crippen MR) is 75.9 cm³/mol. The highest BCUT2D eigenvalue weighted by molar-refractivity contribution is 5.65. The molecule has 1 aliphatic rings. The highest BCUT2D eigenvalue weighted by Crippen LogP contribution is 2.35. The third kappa shape index (κ3) is 1.87. The van der Waals surface area contributed by atoms with E-state index in [0.717, 1.165) is 22.6 Å². The lowest BCUT2D eigenvalue weighted by molar-refractivity contribution is 0.174. The van der Waals surface area contributed by atoms with E-state index in [4.69, 9.17) is 15.2 Å². The van der Waals surface area contributed by atoms with Crippen molar-refractivity contribution in [3.8, 4) is 22.8 Å². The van der Waals surface area contributed by atoms with Crippen LogP contribution in [-0.4, -0.2) is 11.4 Å². The van der Waals surface area contributed by atoms with E-state index in [0.29, 0.717) is 11.3 Å². The molecule has 0 aliphatic carbocycles. The van der Waals surface area contributed by atoms with Crippen LogP contribution in [0, 0.1) is 6.92 Å². The van der Waals surface area contributed by atoms with Gasteiger partial charge in [0.05, 0.1) is 5.69 Å². The highest BCUT2D eigenvalue weighted by Gasteiger charge is 2.16. The molecule has 0 amide bonds. The maximum atomic E-state index is 12.3. The van der Waals surface area contributed by atoms with Crippen LogP contribution in [0.25, 0.3) is 11.3 Å². The number of aromatic nitrogens is 1. The van der Waals surface area contributed by atoms with Crippen molar-refractivity contribution in [3.05, 3.63) is 45.7 Å². The molecule has 104 valence electrons. The molecule has 1 aromatic heterocycles. The summed E-state index contributed by atoms with van der Waals surface area (Å²) in [6.07, 6.45) is 0. The van der Waals surface area contributed by atoms with Gasteiger partial charge in [-0.25, -0.2) is 0 Å². The number of aryl methyl sites for hydroxylation is 1.